The number of hydrogen-bond acceptors (Lipinski definition) is 4. The van der Waals surface area contributed by atoms with Crippen LogP contribution in [0.1, 0.15) is 38.0 Å². The van der Waals surface area contributed by atoms with Gasteiger partial charge in [0.2, 0.25) is 10.0 Å². The highest BCUT2D eigenvalue weighted by Crippen LogP contribution is 2.38. The molecule has 7 heteroatoms. The lowest BCUT2D eigenvalue weighted by Gasteiger charge is -2.38. The molecule has 0 radical (unpaired) electrons. The highest BCUT2D eigenvalue weighted by molar-refractivity contribution is 9.11. The summed E-state index contributed by atoms with van der Waals surface area (Å²) in [5, 5.41) is 9.13. The van der Waals surface area contributed by atoms with Crippen LogP contribution in [0.5, 0.6) is 0 Å². The van der Waals surface area contributed by atoms with E-state index in [2.05, 4.69) is 29.8 Å². The summed E-state index contributed by atoms with van der Waals surface area (Å²) in [6.45, 7) is 5.40. The van der Waals surface area contributed by atoms with E-state index in [0.717, 1.165) is 19.3 Å². The molecule has 0 aliphatic carbocycles. The first-order valence-electron chi connectivity index (χ1n) is 6.71. The first-order chi connectivity index (χ1) is 9.32. The molecule has 4 nitrogen and oxygen atoms in total. The molecular weight excluding hydrogens is 362 g/mol. The molecule has 2 rings (SSSR count). The third-order valence-corrected chi connectivity index (χ3v) is 8.40. The van der Waals surface area contributed by atoms with Gasteiger partial charge < -0.3 is 5.11 Å². The van der Waals surface area contributed by atoms with Gasteiger partial charge in [0.05, 0.1) is 10.4 Å². The molecule has 0 bridgehead atoms. The Hall–Kier alpha value is 0.0500. The van der Waals surface area contributed by atoms with Crippen molar-refractivity contribution in [3.05, 3.63) is 14.7 Å². The SMILES string of the molecule is CCC1(C)CCN(S(=O)(=O)c2cc(CO)sc2Br)CC1. The Morgan fingerprint density at radius 3 is 2.50 bits per heavy atom. The minimum atomic E-state index is -3.45. The van der Waals surface area contributed by atoms with E-state index < -0.39 is 10.0 Å². The van der Waals surface area contributed by atoms with Crippen LogP contribution in [0.15, 0.2) is 14.7 Å². The van der Waals surface area contributed by atoms with Gasteiger partial charge in [-0.2, -0.15) is 4.31 Å². The molecule has 1 fully saturated rings. The van der Waals surface area contributed by atoms with Crippen molar-refractivity contribution in [2.45, 2.75) is 44.6 Å². The maximum Gasteiger partial charge on any atom is 0.245 e. The van der Waals surface area contributed by atoms with Gasteiger partial charge in [-0.25, -0.2) is 8.42 Å². The predicted octanol–water partition coefficient (Wildman–Crippen LogP) is 3.20. The van der Waals surface area contributed by atoms with Gasteiger partial charge in [0.1, 0.15) is 4.90 Å². The Bertz CT molecular complexity index is 574. The summed E-state index contributed by atoms with van der Waals surface area (Å²) in [7, 11) is -3.45. The molecule has 1 aromatic rings. The van der Waals surface area contributed by atoms with Crippen LogP contribution in [0.25, 0.3) is 0 Å². The second kappa shape index (κ2) is 6.04. The summed E-state index contributed by atoms with van der Waals surface area (Å²) >= 11 is 4.57. The van der Waals surface area contributed by atoms with E-state index in [1.54, 1.807) is 10.4 Å². The molecule has 1 saturated heterocycles. The maximum absolute atomic E-state index is 12.7. The fourth-order valence-corrected chi connectivity index (χ4v) is 6.34. The zero-order valence-corrected chi connectivity index (χ0v) is 14.9. The average Bonchev–Trinajstić information content (AvgIpc) is 2.81. The second-order valence-electron chi connectivity index (χ2n) is 5.58. The number of aliphatic hydroxyl groups excluding tert-OH is 1. The molecule has 0 aromatic carbocycles. The van der Waals surface area contributed by atoms with E-state index in [0.29, 0.717) is 21.8 Å². The molecule has 1 N–H and O–H groups in total. The molecule has 1 aliphatic rings. The third-order valence-electron chi connectivity index (χ3n) is 4.26. The summed E-state index contributed by atoms with van der Waals surface area (Å²) in [5.41, 5.74) is 0.258. The van der Waals surface area contributed by atoms with Crippen molar-refractivity contribution in [3.63, 3.8) is 0 Å². The van der Waals surface area contributed by atoms with Gasteiger partial charge in [0, 0.05) is 18.0 Å². The molecule has 0 amide bonds. The smallest absolute Gasteiger partial charge is 0.245 e. The van der Waals surface area contributed by atoms with E-state index >= 15 is 0 Å². The van der Waals surface area contributed by atoms with Gasteiger partial charge in [0.25, 0.3) is 0 Å². The normalized spacial score (nSPS) is 20.2. The van der Waals surface area contributed by atoms with Crippen LogP contribution in [-0.4, -0.2) is 30.9 Å². The molecule has 0 atom stereocenters. The first kappa shape index (κ1) is 16.4. The summed E-state index contributed by atoms with van der Waals surface area (Å²) in [5.74, 6) is 0. The van der Waals surface area contributed by atoms with Crippen LogP contribution in [0.4, 0.5) is 0 Å². The molecule has 0 unspecified atom stereocenters. The Labute approximate surface area is 133 Å². The monoisotopic (exact) mass is 381 g/mol. The summed E-state index contributed by atoms with van der Waals surface area (Å²) in [4.78, 5) is 0.942. The number of hydrogen-bond donors (Lipinski definition) is 1. The number of aliphatic hydroxyl groups is 1. The van der Waals surface area contributed by atoms with Crippen LogP contribution in [0.2, 0.25) is 0 Å². The minimum Gasteiger partial charge on any atom is -0.391 e. The van der Waals surface area contributed by atoms with E-state index in [4.69, 9.17) is 5.11 Å². The fraction of sp³-hybridized carbons (Fsp3) is 0.692. The van der Waals surface area contributed by atoms with Crippen molar-refractivity contribution in [3.8, 4) is 0 Å². The first-order valence-corrected chi connectivity index (χ1v) is 9.76. The molecule has 2 heterocycles. The number of sulfonamides is 1. The van der Waals surface area contributed by atoms with Crippen LogP contribution >= 0.6 is 27.3 Å². The quantitative estimate of drug-likeness (QED) is 0.870. The Kier molecular flexibility index (Phi) is 4.96. The Morgan fingerprint density at radius 2 is 2.05 bits per heavy atom. The van der Waals surface area contributed by atoms with Crippen molar-refractivity contribution >= 4 is 37.3 Å². The van der Waals surface area contributed by atoms with Crippen LogP contribution in [0.3, 0.4) is 0 Å². The zero-order valence-electron chi connectivity index (χ0n) is 11.7. The van der Waals surface area contributed by atoms with Crippen molar-refractivity contribution in [1.82, 2.24) is 4.31 Å². The number of halogens is 1. The van der Waals surface area contributed by atoms with E-state index in [-0.39, 0.29) is 16.9 Å². The topological polar surface area (TPSA) is 57.6 Å². The van der Waals surface area contributed by atoms with E-state index in [1.165, 1.54) is 11.3 Å². The molecule has 0 spiro atoms. The van der Waals surface area contributed by atoms with Gasteiger partial charge in [-0.05, 0) is 40.3 Å². The lowest BCUT2D eigenvalue weighted by Crippen LogP contribution is -2.41. The molecule has 1 aromatic heterocycles. The molecule has 20 heavy (non-hydrogen) atoms. The molecule has 0 saturated carbocycles. The highest BCUT2D eigenvalue weighted by atomic mass is 79.9. The van der Waals surface area contributed by atoms with Crippen molar-refractivity contribution in [2.24, 2.45) is 5.41 Å². The molecule has 1 aliphatic heterocycles. The Balaban J connectivity index is 2.21. The molecule has 114 valence electrons. The van der Waals surface area contributed by atoms with Crippen molar-refractivity contribution in [2.75, 3.05) is 13.1 Å². The number of thiophene rings is 1. The van der Waals surface area contributed by atoms with Crippen molar-refractivity contribution < 1.29 is 13.5 Å². The summed E-state index contributed by atoms with van der Waals surface area (Å²) in [6.07, 6.45) is 2.88. The van der Waals surface area contributed by atoms with Crippen LogP contribution < -0.4 is 0 Å². The summed E-state index contributed by atoms with van der Waals surface area (Å²) < 4.78 is 27.5. The van der Waals surface area contributed by atoms with Crippen LogP contribution in [0, 0.1) is 5.41 Å². The number of rotatable bonds is 4. The molecular formula is C13H20BrNO3S2. The van der Waals surface area contributed by atoms with Gasteiger partial charge in [-0.3, -0.25) is 0 Å². The largest absolute Gasteiger partial charge is 0.391 e. The average molecular weight is 382 g/mol. The predicted molar refractivity (Wildman–Crippen MR) is 84.3 cm³/mol. The Morgan fingerprint density at radius 1 is 1.45 bits per heavy atom. The maximum atomic E-state index is 12.7. The number of nitrogens with zero attached hydrogens (tertiary/aromatic N) is 1. The van der Waals surface area contributed by atoms with Crippen molar-refractivity contribution in [1.29, 1.82) is 0 Å². The lowest BCUT2D eigenvalue weighted by molar-refractivity contribution is 0.169. The van der Waals surface area contributed by atoms with E-state index in [9.17, 15) is 8.42 Å². The fourth-order valence-electron chi connectivity index (χ4n) is 2.41. The highest BCUT2D eigenvalue weighted by Gasteiger charge is 2.35. The lowest BCUT2D eigenvalue weighted by atomic mass is 9.79. The van der Waals surface area contributed by atoms with E-state index in [1.807, 2.05) is 0 Å². The number of piperidine rings is 1. The van der Waals surface area contributed by atoms with Gasteiger partial charge in [-0.15, -0.1) is 11.3 Å². The van der Waals surface area contributed by atoms with Gasteiger partial charge in [0.15, 0.2) is 0 Å². The minimum absolute atomic E-state index is 0.132. The third kappa shape index (κ3) is 3.11. The summed E-state index contributed by atoms with van der Waals surface area (Å²) in [6, 6.07) is 1.57. The van der Waals surface area contributed by atoms with Gasteiger partial charge >= 0.3 is 0 Å². The standard InChI is InChI=1S/C13H20BrNO3S2/c1-3-13(2)4-6-15(7-5-13)20(17,18)11-8-10(9-16)19-12(11)14/h8,16H,3-7,9H2,1-2H3. The van der Waals surface area contributed by atoms with Crippen LogP contribution in [-0.2, 0) is 16.6 Å². The van der Waals surface area contributed by atoms with Gasteiger partial charge in [-0.1, -0.05) is 20.3 Å². The zero-order chi connectivity index (χ0) is 15.0. The second-order valence-corrected chi connectivity index (χ2v) is 9.94.